The van der Waals surface area contributed by atoms with Gasteiger partial charge in [0.25, 0.3) is 0 Å². The fourth-order valence-corrected chi connectivity index (χ4v) is 4.73. The molecule has 1 saturated carbocycles. The molecule has 1 saturated heterocycles. The fourth-order valence-electron chi connectivity index (χ4n) is 4.21. The molecule has 3 N–H and O–H groups in total. The first-order valence-electron chi connectivity index (χ1n) is 9.57. The van der Waals surface area contributed by atoms with E-state index in [1.165, 1.54) is 32.1 Å². The van der Waals surface area contributed by atoms with Gasteiger partial charge in [-0.25, -0.2) is 13.6 Å². The Kier molecular flexibility index (Phi) is 7.94. The summed E-state index contributed by atoms with van der Waals surface area (Å²) in [6.45, 7) is 5.87. The molecule has 0 aromatic heterocycles. The zero-order valence-electron chi connectivity index (χ0n) is 16.0. The van der Waals surface area contributed by atoms with Gasteiger partial charge in [0.1, 0.15) is 0 Å². The maximum atomic E-state index is 11.3. The third kappa shape index (κ3) is 5.80. The summed E-state index contributed by atoms with van der Waals surface area (Å²) in [5, 5.41) is 8.56. The Morgan fingerprint density at radius 2 is 1.89 bits per heavy atom. The summed E-state index contributed by atoms with van der Waals surface area (Å²) in [6.07, 6.45) is 7.52. The van der Waals surface area contributed by atoms with Crippen molar-refractivity contribution in [3.63, 3.8) is 0 Å². The highest BCUT2D eigenvalue weighted by Gasteiger charge is 2.41. The maximum Gasteiger partial charge on any atom is 0.238 e. The van der Waals surface area contributed by atoms with Crippen LogP contribution in [0.4, 0.5) is 0 Å². The molecule has 1 heterocycles. The summed E-state index contributed by atoms with van der Waals surface area (Å²) in [7, 11) is -3.63. The van der Waals surface area contributed by atoms with E-state index in [9.17, 15) is 8.42 Å². The van der Waals surface area contributed by atoms with Gasteiger partial charge in [0.15, 0.2) is 5.96 Å². The molecule has 0 atom stereocenters. The average molecular weight is 506 g/mol. The van der Waals surface area contributed by atoms with Gasteiger partial charge >= 0.3 is 0 Å². The Morgan fingerprint density at radius 3 is 2.48 bits per heavy atom. The SMILES string of the molecule is CCNC(=NCCc1ccc(S(N)(=O)=O)cc1)N1CCC2(CCCC2)C1.I. The molecule has 0 unspecified atom stereocenters. The number of likely N-dealkylation sites (tertiary alicyclic amines) is 1. The van der Waals surface area contributed by atoms with Gasteiger partial charge in [-0.2, -0.15) is 0 Å². The minimum atomic E-state index is -3.63. The second kappa shape index (κ2) is 9.56. The molecule has 152 valence electrons. The Bertz CT molecular complexity index is 743. The largest absolute Gasteiger partial charge is 0.357 e. The number of aliphatic imine (C=N–C) groups is 1. The van der Waals surface area contributed by atoms with E-state index in [2.05, 4.69) is 17.1 Å². The van der Waals surface area contributed by atoms with Crippen LogP contribution in [0.25, 0.3) is 0 Å². The molecule has 0 radical (unpaired) electrons. The predicted octanol–water partition coefficient (Wildman–Crippen LogP) is 2.73. The number of rotatable bonds is 5. The van der Waals surface area contributed by atoms with Gasteiger partial charge in [-0.05, 0) is 55.7 Å². The average Bonchev–Trinajstić information content (AvgIpc) is 3.24. The summed E-state index contributed by atoms with van der Waals surface area (Å²) in [4.78, 5) is 7.37. The van der Waals surface area contributed by atoms with Crippen molar-refractivity contribution >= 4 is 40.0 Å². The second-order valence-electron chi connectivity index (χ2n) is 7.55. The molecule has 0 amide bonds. The van der Waals surface area contributed by atoms with E-state index in [4.69, 9.17) is 10.1 Å². The van der Waals surface area contributed by atoms with Crippen molar-refractivity contribution < 1.29 is 8.42 Å². The molecule has 2 aliphatic rings. The fraction of sp³-hybridized carbons (Fsp3) is 0.632. The van der Waals surface area contributed by atoms with Gasteiger partial charge in [-0.15, -0.1) is 24.0 Å². The zero-order chi connectivity index (χ0) is 18.6. The summed E-state index contributed by atoms with van der Waals surface area (Å²) in [5.41, 5.74) is 1.59. The van der Waals surface area contributed by atoms with Crippen molar-refractivity contribution in [2.45, 2.75) is 50.3 Å². The smallest absolute Gasteiger partial charge is 0.238 e. The van der Waals surface area contributed by atoms with E-state index in [0.717, 1.165) is 37.6 Å². The number of guanidine groups is 1. The van der Waals surface area contributed by atoms with Gasteiger partial charge in [-0.3, -0.25) is 4.99 Å². The van der Waals surface area contributed by atoms with Crippen LogP contribution in [-0.4, -0.2) is 45.5 Å². The summed E-state index contributed by atoms with van der Waals surface area (Å²) < 4.78 is 22.6. The molecular weight excluding hydrogens is 475 g/mol. The zero-order valence-corrected chi connectivity index (χ0v) is 19.1. The van der Waals surface area contributed by atoms with Crippen LogP contribution in [0.15, 0.2) is 34.2 Å². The minimum Gasteiger partial charge on any atom is -0.357 e. The van der Waals surface area contributed by atoms with Crippen molar-refractivity contribution in [1.82, 2.24) is 10.2 Å². The van der Waals surface area contributed by atoms with E-state index in [1.807, 2.05) is 12.1 Å². The predicted molar refractivity (Wildman–Crippen MR) is 120 cm³/mol. The Hall–Kier alpha value is -0.870. The lowest BCUT2D eigenvalue weighted by Crippen LogP contribution is -2.41. The van der Waals surface area contributed by atoms with Gasteiger partial charge in [0, 0.05) is 26.2 Å². The molecular formula is C19H31IN4O2S. The third-order valence-corrected chi connectivity index (χ3v) is 6.58. The third-order valence-electron chi connectivity index (χ3n) is 5.65. The lowest BCUT2D eigenvalue weighted by molar-refractivity contribution is 0.309. The van der Waals surface area contributed by atoms with Crippen LogP contribution in [0.3, 0.4) is 0 Å². The highest BCUT2D eigenvalue weighted by molar-refractivity contribution is 14.0. The molecule has 3 rings (SSSR count). The van der Waals surface area contributed by atoms with Gasteiger partial charge < -0.3 is 10.2 Å². The molecule has 1 aromatic carbocycles. The summed E-state index contributed by atoms with van der Waals surface area (Å²) in [5.74, 6) is 1.01. The molecule has 1 spiro atoms. The van der Waals surface area contributed by atoms with E-state index in [-0.39, 0.29) is 28.9 Å². The summed E-state index contributed by atoms with van der Waals surface area (Å²) in [6, 6.07) is 6.74. The van der Waals surface area contributed by atoms with Gasteiger partial charge in [0.05, 0.1) is 4.90 Å². The second-order valence-corrected chi connectivity index (χ2v) is 9.11. The molecule has 8 heteroatoms. The number of primary sulfonamides is 1. The number of benzene rings is 1. The monoisotopic (exact) mass is 506 g/mol. The molecule has 1 aromatic rings. The number of halogens is 1. The Labute approximate surface area is 180 Å². The quantitative estimate of drug-likeness (QED) is 0.365. The highest BCUT2D eigenvalue weighted by atomic mass is 127. The van der Waals surface area contributed by atoms with Crippen LogP contribution in [0.2, 0.25) is 0 Å². The van der Waals surface area contributed by atoms with E-state index < -0.39 is 10.0 Å². The van der Waals surface area contributed by atoms with Crippen LogP contribution < -0.4 is 10.5 Å². The summed E-state index contributed by atoms with van der Waals surface area (Å²) >= 11 is 0. The van der Waals surface area contributed by atoms with Crippen LogP contribution >= 0.6 is 24.0 Å². The number of nitrogens with zero attached hydrogens (tertiary/aromatic N) is 2. The van der Waals surface area contributed by atoms with Crippen LogP contribution in [0, 0.1) is 5.41 Å². The van der Waals surface area contributed by atoms with Crippen molar-refractivity contribution in [2.24, 2.45) is 15.5 Å². The maximum absolute atomic E-state index is 11.3. The first kappa shape index (κ1) is 22.4. The van der Waals surface area contributed by atoms with Crippen molar-refractivity contribution in [3.8, 4) is 0 Å². The number of hydrogen-bond donors (Lipinski definition) is 2. The normalized spacial score (nSPS) is 19.3. The molecule has 2 fully saturated rings. The first-order chi connectivity index (χ1) is 12.4. The van der Waals surface area contributed by atoms with Gasteiger partial charge in [0.2, 0.25) is 10.0 Å². The van der Waals surface area contributed by atoms with E-state index >= 15 is 0 Å². The number of sulfonamides is 1. The number of hydrogen-bond acceptors (Lipinski definition) is 3. The lowest BCUT2D eigenvalue weighted by Gasteiger charge is -2.26. The van der Waals surface area contributed by atoms with E-state index in [0.29, 0.717) is 12.0 Å². The number of nitrogens with one attached hydrogen (secondary N) is 1. The standard InChI is InChI=1S/C19H30N4O2S.HI/c1-2-21-18(23-14-12-19(15-23)10-3-4-11-19)22-13-9-16-5-7-17(8-6-16)26(20,24)25;/h5-8H,2-4,9-15H2,1H3,(H,21,22)(H2,20,24,25);1H. The Morgan fingerprint density at radius 1 is 1.22 bits per heavy atom. The van der Waals surface area contributed by atoms with Gasteiger partial charge in [-0.1, -0.05) is 25.0 Å². The van der Waals surface area contributed by atoms with Crippen LogP contribution in [0.5, 0.6) is 0 Å². The Balaban J connectivity index is 0.00000261. The lowest BCUT2D eigenvalue weighted by atomic mass is 9.86. The molecule has 0 bridgehead atoms. The number of nitrogens with two attached hydrogens (primary N) is 1. The topological polar surface area (TPSA) is 87.8 Å². The van der Waals surface area contributed by atoms with Crippen LogP contribution in [-0.2, 0) is 16.4 Å². The molecule has 1 aliphatic carbocycles. The van der Waals surface area contributed by atoms with Crippen LogP contribution in [0.1, 0.15) is 44.6 Å². The van der Waals surface area contributed by atoms with Crippen molar-refractivity contribution in [1.29, 1.82) is 0 Å². The molecule has 6 nitrogen and oxygen atoms in total. The minimum absolute atomic E-state index is 0. The van der Waals surface area contributed by atoms with Crippen molar-refractivity contribution in [3.05, 3.63) is 29.8 Å². The first-order valence-corrected chi connectivity index (χ1v) is 11.1. The highest BCUT2D eigenvalue weighted by Crippen LogP contribution is 2.45. The molecule has 1 aliphatic heterocycles. The van der Waals surface area contributed by atoms with Crippen molar-refractivity contribution in [2.75, 3.05) is 26.2 Å². The van der Waals surface area contributed by atoms with E-state index in [1.54, 1.807) is 12.1 Å². The molecule has 27 heavy (non-hydrogen) atoms.